The summed E-state index contributed by atoms with van der Waals surface area (Å²) >= 11 is 0. The second-order valence-corrected chi connectivity index (χ2v) is 5.45. The molecule has 0 bridgehead atoms. The number of carbonyl (C=O) groups is 1. The van der Waals surface area contributed by atoms with Crippen LogP contribution in [0.3, 0.4) is 0 Å². The molecule has 1 saturated heterocycles. The van der Waals surface area contributed by atoms with Crippen LogP contribution in [0.25, 0.3) is 0 Å². The van der Waals surface area contributed by atoms with E-state index in [2.05, 4.69) is 0 Å². The molecule has 0 aliphatic carbocycles. The molecule has 70 valence electrons. The maximum atomic E-state index is 10.8. The van der Waals surface area contributed by atoms with E-state index in [0.717, 1.165) is 0 Å². The quantitative estimate of drug-likeness (QED) is 0.592. The molecule has 0 unspecified atom stereocenters. The maximum absolute atomic E-state index is 10.8. The summed E-state index contributed by atoms with van der Waals surface area (Å²) in [7, 11) is -2.88. The van der Waals surface area contributed by atoms with E-state index >= 15 is 0 Å². The Hall–Kier alpha value is -0.420. The summed E-state index contributed by atoms with van der Waals surface area (Å²) in [6.45, 7) is 1.63. The summed E-state index contributed by atoms with van der Waals surface area (Å²) in [5.74, 6) is 0.365. The minimum atomic E-state index is -2.88. The molecule has 1 aliphatic heterocycles. The molecule has 5 heteroatoms. The molecule has 1 rings (SSSR count). The fourth-order valence-corrected chi connectivity index (χ4v) is 1.77. The smallest absolute Gasteiger partial charge is 0.148 e. The first kappa shape index (κ1) is 9.67. The zero-order valence-corrected chi connectivity index (χ0v) is 7.93. The van der Waals surface area contributed by atoms with Gasteiger partial charge in [-0.25, -0.2) is 8.42 Å². The van der Waals surface area contributed by atoms with Crippen molar-refractivity contribution in [2.24, 2.45) is 0 Å². The lowest BCUT2D eigenvalue weighted by atomic mass is 10.4. The van der Waals surface area contributed by atoms with Crippen LogP contribution in [-0.2, 0) is 14.6 Å². The fraction of sp³-hybridized carbons (Fsp3) is 0.857. The van der Waals surface area contributed by atoms with Crippen LogP contribution in [-0.4, -0.2) is 50.7 Å². The molecule has 0 aromatic carbocycles. The second-order valence-electron chi connectivity index (χ2n) is 3.19. The maximum Gasteiger partial charge on any atom is 0.148 e. The number of hydrogen-bond acceptors (Lipinski definition) is 4. The SMILES string of the molecule is CS(=O)(=O)CCN1CCC(=O)C1. The highest BCUT2D eigenvalue weighted by molar-refractivity contribution is 7.90. The van der Waals surface area contributed by atoms with Gasteiger partial charge in [0.2, 0.25) is 0 Å². The van der Waals surface area contributed by atoms with E-state index in [1.807, 2.05) is 4.90 Å². The normalized spacial score (nSPS) is 20.2. The lowest BCUT2D eigenvalue weighted by molar-refractivity contribution is -0.116. The lowest BCUT2D eigenvalue weighted by Gasteiger charge is -2.11. The summed E-state index contributed by atoms with van der Waals surface area (Å²) < 4.78 is 21.5. The minimum absolute atomic E-state index is 0.153. The van der Waals surface area contributed by atoms with Crippen LogP contribution in [0, 0.1) is 0 Å². The van der Waals surface area contributed by atoms with Crippen LogP contribution in [0.15, 0.2) is 0 Å². The molecule has 0 atom stereocenters. The Kier molecular flexibility index (Phi) is 2.85. The highest BCUT2D eigenvalue weighted by Crippen LogP contribution is 2.03. The first-order valence-corrected chi connectivity index (χ1v) is 5.95. The van der Waals surface area contributed by atoms with Crippen LogP contribution in [0.2, 0.25) is 0 Å². The number of nitrogens with zero attached hydrogens (tertiary/aromatic N) is 1. The topological polar surface area (TPSA) is 54.5 Å². The third-order valence-electron chi connectivity index (χ3n) is 1.89. The second kappa shape index (κ2) is 3.53. The van der Waals surface area contributed by atoms with Crippen LogP contribution in [0.5, 0.6) is 0 Å². The van der Waals surface area contributed by atoms with Gasteiger partial charge in [0.15, 0.2) is 0 Å². The Morgan fingerprint density at radius 2 is 2.17 bits per heavy atom. The van der Waals surface area contributed by atoms with Crippen molar-refractivity contribution >= 4 is 15.6 Å². The highest BCUT2D eigenvalue weighted by Gasteiger charge is 2.19. The Bertz CT molecular complexity index is 270. The third-order valence-corrected chi connectivity index (χ3v) is 2.81. The molecule has 0 N–H and O–H groups in total. The van der Waals surface area contributed by atoms with Crippen molar-refractivity contribution in [1.82, 2.24) is 4.90 Å². The van der Waals surface area contributed by atoms with Crippen molar-refractivity contribution in [3.8, 4) is 0 Å². The van der Waals surface area contributed by atoms with E-state index in [4.69, 9.17) is 0 Å². The average Bonchev–Trinajstić information content (AvgIpc) is 2.30. The summed E-state index contributed by atoms with van der Waals surface area (Å²) in [6.07, 6.45) is 1.79. The van der Waals surface area contributed by atoms with Crippen LogP contribution >= 0.6 is 0 Å². The third kappa shape index (κ3) is 3.32. The van der Waals surface area contributed by atoms with Crippen molar-refractivity contribution < 1.29 is 13.2 Å². The lowest BCUT2D eigenvalue weighted by Crippen LogP contribution is -2.27. The van der Waals surface area contributed by atoms with Crippen molar-refractivity contribution in [3.05, 3.63) is 0 Å². The van der Waals surface area contributed by atoms with E-state index in [9.17, 15) is 13.2 Å². The number of Topliss-reactive ketones (excluding diaryl/α,β-unsaturated/α-hetero) is 1. The number of ketones is 1. The van der Waals surface area contributed by atoms with Gasteiger partial charge in [-0.2, -0.15) is 0 Å². The average molecular weight is 191 g/mol. The number of sulfone groups is 1. The van der Waals surface area contributed by atoms with E-state index < -0.39 is 9.84 Å². The Labute approximate surface area is 72.5 Å². The molecule has 1 aliphatic rings. The van der Waals surface area contributed by atoms with Crippen molar-refractivity contribution in [1.29, 1.82) is 0 Å². The Morgan fingerprint density at radius 3 is 2.58 bits per heavy atom. The van der Waals surface area contributed by atoms with E-state index in [0.29, 0.717) is 26.1 Å². The van der Waals surface area contributed by atoms with Gasteiger partial charge in [0, 0.05) is 25.8 Å². The van der Waals surface area contributed by atoms with Gasteiger partial charge in [-0.15, -0.1) is 0 Å². The summed E-state index contributed by atoms with van der Waals surface area (Å²) in [4.78, 5) is 12.7. The van der Waals surface area contributed by atoms with Gasteiger partial charge in [0.1, 0.15) is 15.6 Å². The van der Waals surface area contributed by atoms with Gasteiger partial charge >= 0.3 is 0 Å². The zero-order valence-electron chi connectivity index (χ0n) is 7.12. The van der Waals surface area contributed by atoms with Crippen molar-refractivity contribution in [3.63, 3.8) is 0 Å². The van der Waals surface area contributed by atoms with Crippen LogP contribution < -0.4 is 0 Å². The van der Waals surface area contributed by atoms with Gasteiger partial charge in [-0.05, 0) is 0 Å². The molecule has 0 aromatic heterocycles. The fourth-order valence-electron chi connectivity index (χ4n) is 1.18. The van der Waals surface area contributed by atoms with Crippen molar-refractivity contribution in [2.45, 2.75) is 6.42 Å². The van der Waals surface area contributed by atoms with Crippen LogP contribution in [0.1, 0.15) is 6.42 Å². The summed E-state index contributed by atoms with van der Waals surface area (Å²) in [5, 5.41) is 0. The molecule has 0 radical (unpaired) electrons. The van der Waals surface area contributed by atoms with E-state index in [-0.39, 0.29) is 11.5 Å². The molecular formula is C7H13NO3S. The van der Waals surface area contributed by atoms with Gasteiger partial charge < -0.3 is 0 Å². The van der Waals surface area contributed by atoms with Crippen molar-refractivity contribution in [2.75, 3.05) is 31.6 Å². The Balaban J connectivity index is 2.30. The molecular weight excluding hydrogens is 178 g/mol. The van der Waals surface area contributed by atoms with E-state index in [1.54, 1.807) is 0 Å². The van der Waals surface area contributed by atoms with E-state index in [1.165, 1.54) is 6.26 Å². The molecule has 0 spiro atoms. The predicted molar refractivity (Wildman–Crippen MR) is 45.8 cm³/mol. The number of carbonyl (C=O) groups excluding carboxylic acids is 1. The first-order chi connectivity index (χ1) is 5.47. The van der Waals surface area contributed by atoms with Gasteiger partial charge in [0.05, 0.1) is 12.3 Å². The molecule has 0 aromatic rings. The minimum Gasteiger partial charge on any atom is -0.298 e. The molecule has 12 heavy (non-hydrogen) atoms. The number of likely N-dealkylation sites (tertiary alicyclic amines) is 1. The van der Waals surface area contributed by atoms with Crippen LogP contribution in [0.4, 0.5) is 0 Å². The standard InChI is InChI=1S/C7H13NO3S/c1-12(10,11)5-4-8-3-2-7(9)6-8/h2-6H2,1H3. The zero-order chi connectivity index (χ0) is 9.19. The molecule has 4 nitrogen and oxygen atoms in total. The van der Waals surface area contributed by atoms with Gasteiger partial charge in [-0.1, -0.05) is 0 Å². The molecule has 1 heterocycles. The number of hydrogen-bond donors (Lipinski definition) is 0. The molecule has 0 saturated carbocycles. The Morgan fingerprint density at radius 1 is 1.50 bits per heavy atom. The number of rotatable bonds is 3. The van der Waals surface area contributed by atoms with Gasteiger partial charge in [0.25, 0.3) is 0 Å². The molecule has 0 amide bonds. The molecule has 1 fully saturated rings. The first-order valence-electron chi connectivity index (χ1n) is 3.89. The monoisotopic (exact) mass is 191 g/mol. The summed E-state index contributed by atoms with van der Waals surface area (Å²) in [5.41, 5.74) is 0. The highest BCUT2D eigenvalue weighted by atomic mass is 32.2. The summed E-state index contributed by atoms with van der Waals surface area (Å²) in [6, 6.07) is 0. The van der Waals surface area contributed by atoms with Gasteiger partial charge in [-0.3, -0.25) is 9.69 Å². The predicted octanol–water partition coefficient (Wildman–Crippen LogP) is -0.694. The largest absolute Gasteiger partial charge is 0.298 e.